The molecule has 2 aromatic carbocycles. The zero-order valence-corrected chi connectivity index (χ0v) is 12.3. The molecule has 20 heavy (non-hydrogen) atoms. The summed E-state index contributed by atoms with van der Waals surface area (Å²) in [6, 6.07) is 12.7. The van der Waals surface area contributed by atoms with Crippen LogP contribution >= 0.6 is 0 Å². The van der Waals surface area contributed by atoms with Crippen molar-refractivity contribution in [1.29, 1.82) is 0 Å². The summed E-state index contributed by atoms with van der Waals surface area (Å²) in [5, 5.41) is 10.1. The van der Waals surface area contributed by atoms with E-state index in [4.69, 9.17) is 9.47 Å². The van der Waals surface area contributed by atoms with Gasteiger partial charge in [-0.05, 0) is 41.3 Å². The van der Waals surface area contributed by atoms with E-state index in [9.17, 15) is 5.11 Å². The number of aromatic hydroxyl groups is 1. The molecule has 3 nitrogen and oxygen atoms in total. The second-order valence-corrected chi connectivity index (χ2v) is 5.71. The number of hydrogen-bond acceptors (Lipinski definition) is 3. The summed E-state index contributed by atoms with van der Waals surface area (Å²) >= 11 is 0. The van der Waals surface area contributed by atoms with Crippen LogP contribution in [-0.4, -0.2) is 12.2 Å². The highest BCUT2D eigenvalue weighted by Crippen LogP contribution is 2.34. The van der Waals surface area contributed by atoms with E-state index in [1.54, 1.807) is 13.2 Å². The number of benzene rings is 2. The zero-order valence-electron chi connectivity index (χ0n) is 12.3. The Morgan fingerprint density at radius 1 is 0.850 bits per heavy atom. The van der Waals surface area contributed by atoms with Gasteiger partial charge in [0.2, 0.25) is 0 Å². The third-order valence-electron chi connectivity index (χ3n) is 3.07. The summed E-state index contributed by atoms with van der Waals surface area (Å²) in [5.74, 6) is 2.35. The van der Waals surface area contributed by atoms with Crippen LogP contribution in [0.4, 0.5) is 0 Å². The van der Waals surface area contributed by atoms with Gasteiger partial charge in [-0.15, -0.1) is 0 Å². The van der Waals surface area contributed by atoms with Crippen LogP contribution in [0.3, 0.4) is 0 Å². The molecule has 0 aromatic heterocycles. The van der Waals surface area contributed by atoms with Crippen molar-refractivity contribution in [3.8, 4) is 23.0 Å². The lowest BCUT2D eigenvalue weighted by atomic mass is 9.86. The molecule has 0 fully saturated rings. The van der Waals surface area contributed by atoms with Crippen LogP contribution in [0.25, 0.3) is 0 Å². The maximum atomic E-state index is 10.1. The van der Waals surface area contributed by atoms with Crippen molar-refractivity contribution in [2.45, 2.75) is 26.2 Å². The molecule has 0 atom stereocenters. The van der Waals surface area contributed by atoms with Crippen LogP contribution in [0.5, 0.6) is 23.0 Å². The van der Waals surface area contributed by atoms with Crippen molar-refractivity contribution >= 4 is 0 Å². The first-order valence-electron chi connectivity index (χ1n) is 6.55. The summed E-state index contributed by atoms with van der Waals surface area (Å²) in [5.41, 5.74) is 0.808. The van der Waals surface area contributed by atoms with Gasteiger partial charge in [-0.25, -0.2) is 0 Å². The average Bonchev–Trinajstić information content (AvgIpc) is 2.38. The third-order valence-corrected chi connectivity index (χ3v) is 3.07. The minimum absolute atomic E-state index is 0.0945. The molecule has 0 aliphatic heterocycles. The number of rotatable bonds is 3. The van der Waals surface area contributed by atoms with Gasteiger partial charge in [0.15, 0.2) is 0 Å². The van der Waals surface area contributed by atoms with E-state index in [2.05, 4.69) is 20.8 Å². The predicted molar refractivity (Wildman–Crippen MR) is 79.9 cm³/mol. The SMILES string of the molecule is COc1ccc(Oc2ccc(C(C)(C)C)c(O)c2)cc1. The fraction of sp³-hybridized carbons (Fsp3) is 0.294. The summed E-state index contributed by atoms with van der Waals surface area (Å²) in [4.78, 5) is 0. The highest BCUT2D eigenvalue weighted by atomic mass is 16.5. The van der Waals surface area contributed by atoms with Crippen molar-refractivity contribution in [2.24, 2.45) is 0 Å². The zero-order chi connectivity index (χ0) is 14.8. The van der Waals surface area contributed by atoms with E-state index in [0.717, 1.165) is 11.3 Å². The maximum absolute atomic E-state index is 10.1. The molecule has 2 rings (SSSR count). The largest absolute Gasteiger partial charge is 0.508 e. The summed E-state index contributed by atoms with van der Waals surface area (Å²) in [7, 11) is 1.62. The van der Waals surface area contributed by atoms with Gasteiger partial charge in [0.25, 0.3) is 0 Å². The van der Waals surface area contributed by atoms with Crippen LogP contribution in [0, 0.1) is 0 Å². The molecule has 0 radical (unpaired) electrons. The van der Waals surface area contributed by atoms with Gasteiger partial charge in [-0.3, -0.25) is 0 Å². The Morgan fingerprint density at radius 2 is 1.40 bits per heavy atom. The molecule has 2 aromatic rings. The van der Waals surface area contributed by atoms with E-state index >= 15 is 0 Å². The van der Waals surface area contributed by atoms with Crippen LogP contribution in [-0.2, 0) is 5.41 Å². The molecule has 0 spiro atoms. The minimum Gasteiger partial charge on any atom is -0.508 e. The molecule has 0 saturated carbocycles. The molecular formula is C17H20O3. The quantitative estimate of drug-likeness (QED) is 0.894. The Balaban J connectivity index is 2.19. The van der Waals surface area contributed by atoms with Gasteiger partial charge < -0.3 is 14.6 Å². The number of methoxy groups -OCH3 is 1. The normalized spacial score (nSPS) is 11.2. The molecule has 0 unspecified atom stereocenters. The number of ether oxygens (including phenoxy) is 2. The van der Waals surface area contributed by atoms with Crippen molar-refractivity contribution in [3.63, 3.8) is 0 Å². The lowest BCUT2D eigenvalue weighted by molar-refractivity contribution is 0.412. The van der Waals surface area contributed by atoms with Crippen LogP contribution in [0.15, 0.2) is 42.5 Å². The molecule has 0 amide bonds. The Bertz CT molecular complexity index is 580. The third kappa shape index (κ3) is 3.23. The molecular weight excluding hydrogens is 252 g/mol. The van der Waals surface area contributed by atoms with Crippen LogP contribution in [0.2, 0.25) is 0 Å². The Hall–Kier alpha value is -2.16. The monoisotopic (exact) mass is 272 g/mol. The highest BCUT2D eigenvalue weighted by molar-refractivity contribution is 5.45. The van der Waals surface area contributed by atoms with Crippen molar-refractivity contribution in [3.05, 3.63) is 48.0 Å². The number of phenolic OH excluding ortho intramolecular Hbond substituents is 1. The van der Waals surface area contributed by atoms with Gasteiger partial charge in [0.1, 0.15) is 23.0 Å². The van der Waals surface area contributed by atoms with Crippen molar-refractivity contribution in [1.82, 2.24) is 0 Å². The van der Waals surface area contributed by atoms with Gasteiger partial charge in [0.05, 0.1) is 7.11 Å². The van der Waals surface area contributed by atoms with Gasteiger partial charge in [-0.1, -0.05) is 26.8 Å². The van der Waals surface area contributed by atoms with Gasteiger partial charge in [-0.2, -0.15) is 0 Å². The predicted octanol–water partition coefficient (Wildman–Crippen LogP) is 4.49. The molecule has 0 saturated heterocycles. The Labute approximate surface area is 119 Å². The van der Waals surface area contributed by atoms with Gasteiger partial charge >= 0.3 is 0 Å². The molecule has 1 N–H and O–H groups in total. The molecule has 3 heteroatoms. The van der Waals surface area contributed by atoms with E-state index in [1.165, 1.54) is 0 Å². The van der Waals surface area contributed by atoms with E-state index in [0.29, 0.717) is 11.5 Å². The first-order chi connectivity index (χ1) is 9.40. The molecule has 0 bridgehead atoms. The maximum Gasteiger partial charge on any atom is 0.131 e. The molecule has 0 heterocycles. The van der Waals surface area contributed by atoms with E-state index in [-0.39, 0.29) is 11.2 Å². The lowest BCUT2D eigenvalue weighted by Crippen LogP contribution is -2.11. The second-order valence-electron chi connectivity index (χ2n) is 5.71. The molecule has 106 valence electrons. The standard InChI is InChI=1S/C17H20O3/c1-17(2,3)15-10-9-14(11-16(15)18)20-13-7-5-12(19-4)6-8-13/h5-11,18H,1-4H3. The first kappa shape index (κ1) is 14.3. The lowest BCUT2D eigenvalue weighted by Gasteiger charge is -2.20. The van der Waals surface area contributed by atoms with E-state index < -0.39 is 0 Å². The second kappa shape index (κ2) is 5.45. The smallest absolute Gasteiger partial charge is 0.131 e. The fourth-order valence-electron chi connectivity index (χ4n) is 1.99. The Morgan fingerprint density at radius 3 is 1.90 bits per heavy atom. The highest BCUT2D eigenvalue weighted by Gasteiger charge is 2.18. The van der Waals surface area contributed by atoms with Crippen LogP contribution < -0.4 is 9.47 Å². The summed E-state index contributed by atoms with van der Waals surface area (Å²) in [6.07, 6.45) is 0. The molecule has 0 aliphatic carbocycles. The van der Waals surface area contributed by atoms with Crippen LogP contribution in [0.1, 0.15) is 26.3 Å². The van der Waals surface area contributed by atoms with Crippen molar-refractivity contribution in [2.75, 3.05) is 7.11 Å². The van der Waals surface area contributed by atoms with E-state index in [1.807, 2.05) is 36.4 Å². The molecule has 0 aliphatic rings. The average molecular weight is 272 g/mol. The summed E-state index contributed by atoms with van der Waals surface area (Å²) in [6.45, 7) is 6.18. The van der Waals surface area contributed by atoms with Crippen molar-refractivity contribution < 1.29 is 14.6 Å². The van der Waals surface area contributed by atoms with Gasteiger partial charge in [0, 0.05) is 6.07 Å². The minimum atomic E-state index is -0.0945. The topological polar surface area (TPSA) is 38.7 Å². The Kier molecular flexibility index (Phi) is 3.89. The first-order valence-corrected chi connectivity index (χ1v) is 6.55. The summed E-state index contributed by atoms with van der Waals surface area (Å²) < 4.78 is 10.8. The fourth-order valence-corrected chi connectivity index (χ4v) is 1.99. The number of hydrogen-bond donors (Lipinski definition) is 1. The number of phenols is 1.